The lowest BCUT2D eigenvalue weighted by Crippen LogP contribution is -2.44. The quantitative estimate of drug-likeness (QED) is 0.773. The van der Waals surface area contributed by atoms with Gasteiger partial charge >= 0.3 is 0 Å². The van der Waals surface area contributed by atoms with Gasteiger partial charge in [0.2, 0.25) is 0 Å². The lowest BCUT2D eigenvalue weighted by molar-refractivity contribution is 0.270. The van der Waals surface area contributed by atoms with Crippen molar-refractivity contribution in [3.63, 3.8) is 0 Å². The molecule has 0 aliphatic carbocycles. The summed E-state index contributed by atoms with van der Waals surface area (Å²) in [7, 11) is 0. The van der Waals surface area contributed by atoms with Crippen LogP contribution < -0.4 is 4.90 Å². The molecule has 1 heterocycles. The molecule has 0 unspecified atom stereocenters. The summed E-state index contributed by atoms with van der Waals surface area (Å²) in [5.74, 6) is 0. The van der Waals surface area contributed by atoms with E-state index in [1.165, 1.54) is 11.3 Å². The SMILES string of the molecule is C/C(=N\N1CCN(c2ccccc2)CC1)c1cccc(Br)c1. The maximum Gasteiger partial charge on any atom is 0.0647 e. The van der Waals surface area contributed by atoms with Crippen LogP contribution in [0.1, 0.15) is 12.5 Å². The zero-order valence-electron chi connectivity index (χ0n) is 12.7. The average Bonchev–Trinajstić information content (AvgIpc) is 2.56. The van der Waals surface area contributed by atoms with Crippen LogP contribution in [0.2, 0.25) is 0 Å². The van der Waals surface area contributed by atoms with Gasteiger partial charge in [0.15, 0.2) is 0 Å². The largest absolute Gasteiger partial charge is 0.368 e. The van der Waals surface area contributed by atoms with Crippen LogP contribution in [0, 0.1) is 0 Å². The number of hydrazone groups is 1. The van der Waals surface area contributed by atoms with E-state index in [0.29, 0.717) is 0 Å². The molecule has 1 saturated heterocycles. The molecule has 0 atom stereocenters. The Labute approximate surface area is 140 Å². The van der Waals surface area contributed by atoms with Gasteiger partial charge in [0.25, 0.3) is 0 Å². The minimum absolute atomic E-state index is 0.959. The van der Waals surface area contributed by atoms with Gasteiger partial charge in [-0.2, -0.15) is 5.10 Å². The third-order valence-electron chi connectivity index (χ3n) is 3.91. The fourth-order valence-electron chi connectivity index (χ4n) is 2.68. The van der Waals surface area contributed by atoms with E-state index in [9.17, 15) is 0 Å². The second-order valence-corrected chi connectivity index (χ2v) is 6.39. The Bertz CT molecular complexity index is 646. The van der Waals surface area contributed by atoms with E-state index < -0.39 is 0 Å². The summed E-state index contributed by atoms with van der Waals surface area (Å²) in [4.78, 5) is 2.42. The highest BCUT2D eigenvalue weighted by Gasteiger charge is 2.16. The van der Waals surface area contributed by atoms with Crippen LogP contribution in [0.15, 0.2) is 64.2 Å². The third-order valence-corrected chi connectivity index (χ3v) is 4.40. The van der Waals surface area contributed by atoms with Crippen molar-refractivity contribution in [1.29, 1.82) is 0 Å². The molecule has 2 aromatic carbocycles. The maximum absolute atomic E-state index is 4.78. The molecule has 3 nitrogen and oxygen atoms in total. The van der Waals surface area contributed by atoms with Crippen molar-refractivity contribution in [3.05, 3.63) is 64.6 Å². The van der Waals surface area contributed by atoms with Gasteiger partial charge in [-0.1, -0.05) is 46.3 Å². The lowest BCUT2D eigenvalue weighted by Gasteiger charge is -2.34. The number of halogens is 1. The fraction of sp³-hybridized carbons (Fsp3) is 0.278. The Morgan fingerprint density at radius 1 is 0.955 bits per heavy atom. The van der Waals surface area contributed by atoms with Gasteiger partial charge in [-0.15, -0.1) is 0 Å². The number of para-hydroxylation sites is 1. The second-order valence-electron chi connectivity index (χ2n) is 5.47. The van der Waals surface area contributed by atoms with Crippen molar-refractivity contribution < 1.29 is 0 Å². The van der Waals surface area contributed by atoms with Crippen molar-refractivity contribution in [1.82, 2.24) is 5.01 Å². The number of hydrogen-bond acceptors (Lipinski definition) is 3. The normalized spacial score (nSPS) is 16.0. The minimum atomic E-state index is 0.959. The molecule has 3 rings (SSSR count). The molecule has 22 heavy (non-hydrogen) atoms. The smallest absolute Gasteiger partial charge is 0.0647 e. The molecule has 114 valence electrons. The van der Waals surface area contributed by atoms with E-state index in [2.05, 4.69) is 75.2 Å². The first-order valence-corrected chi connectivity index (χ1v) is 8.38. The van der Waals surface area contributed by atoms with E-state index in [1.54, 1.807) is 0 Å². The highest BCUT2D eigenvalue weighted by atomic mass is 79.9. The molecule has 0 N–H and O–H groups in total. The summed E-state index contributed by atoms with van der Waals surface area (Å²) in [6.45, 7) is 6.02. The van der Waals surface area contributed by atoms with Crippen LogP contribution in [0.25, 0.3) is 0 Å². The Hall–Kier alpha value is -1.81. The number of piperazine rings is 1. The van der Waals surface area contributed by atoms with Gasteiger partial charge in [-0.3, -0.25) is 5.01 Å². The van der Waals surface area contributed by atoms with Crippen LogP contribution in [0.4, 0.5) is 5.69 Å². The molecule has 1 aliphatic heterocycles. The minimum Gasteiger partial charge on any atom is -0.368 e. The highest BCUT2D eigenvalue weighted by molar-refractivity contribution is 9.10. The molecular formula is C18H20BrN3. The monoisotopic (exact) mass is 357 g/mol. The number of benzene rings is 2. The van der Waals surface area contributed by atoms with Gasteiger partial charge in [0.05, 0.1) is 18.8 Å². The van der Waals surface area contributed by atoms with Crippen LogP contribution in [-0.4, -0.2) is 36.9 Å². The van der Waals surface area contributed by atoms with Gasteiger partial charge in [0.1, 0.15) is 0 Å². The van der Waals surface area contributed by atoms with Gasteiger partial charge in [-0.05, 0) is 36.8 Å². The second kappa shape index (κ2) is 6.97. The van der Waals surface area contributed by atoms with Crippen molar-refractivity contribution in [2.45, 2.75) is 6.92 Å². The Morgan fingerprint density at radius 3 is 2.36 bits per heavy atom. The van der Waals surface area contributed by atoms with Crippen LogP contribution in [0.3, 0.4) is 0 Å². The first kappa shape index (κ1) is 15.1. The Kier molecular flexibility index (Phi) is 4.78. The lowest BCUT2D eigenvalue weighted by atomic mass is 10.1. The molecule has 0 saturated carbocycles. The third kappa shape index (κ3) is 3.69. The number of rotatable bonds is 3. The number of hydrogen-bond donors (Lipinski definition) is 0. The van der Waals surface area contributed by atoms with E-state index in [0.717, 1.165) is 36.4 Å². The summed E-state index contributed by atoms with van der Waals surface area (Å²) in [6.07, 6.45) is 0. The van der Waals surface area contributed by atoms with Crippen LogP contribution in [0.5, 0.6) is 0 Å². The fourth-order valence-corrected chi connectivity index (χ4v) is 3.08. The van der Waals surface area contributed by atoms with Crippen LogP contribution in [-0.2, 0) is 0 Å². The maximum atomic E-state index is 4.78. The molecule has 1 aliphatic rings. The summed E-state index contributed by atoms with van der Waals surface area (Å²) in [5, 5.41) is 6.95. The van der Waals surface area contributed by atoms with Crippen LogP contribution >= 0.6 is 15.9 Å². The predicted octanol–water partition coefficient (Wildman–Crippen LogP) is 4.00. The Morgan fingerprint density at radius 2 is 1.68 bits per heavy atom. The molecule has 1 fully saturated rings. The molecule has 0 radical (unpaired) electrons. The Balaban J connectivity index is 1.63. The number of anilines is 1. The predicted molar refractivity (Wildman–Crippen MR) is 96.6 cm³/mol. The molecule has 2 aromatic rings. The van der Waals surface area contributed by atoms with E-state index in [1.807, 2.05) is 12.1 Å². The van der Waals surface area contributed by atoms with E-state index >= 15 is 0 Å². The zero-order valence-corrected chi connectivity index (χ0v) is 14.3. The standard InChI is InChI=1S/C18H20BrN3/c1-15(16-6-5-7-17(19)14-16)20-22-12-10-21(11-13-22)18-8-3-2-4-9-18/h2-9,14H,10-13H2,1H3/b20-15+. The van der Waals surface area contributed by atoms with Crippen molar-refractivity contribution in [2.75, 3.05) is 31.1 Å². The summed E-state index contributed by atoms with van der Waals surface area (Å²) in [5.41, 5.74) is 3.53. The average molecular weight is 358 g/mol. The topological polar surface area (TPSA) is 18.8 Å². The molecule has 0 amide bonds. The van der Waals surface area contributed by atoms with E-state index in [-0.39, 0.29) is 0 Å². The molecular weight excluding hydrogens is 338 g/mol. The van der Waals surface area contributed by atoms with Gasteiger partial charge in [0, 0.05) is 23.2 Å². The highest BCUT2D eigenvalue weighted by Crippen LogP contribution is 2.17. The molecule has 0 bridgehead atoms. The molecule has 4 heteroatoms. The first-order chi connectivity index (χ1) is 10.7. The molecule has 0 spiro atoms. The summed E-state index contributed by atoms with van der Waals surface area (Å²) < 4.78 is 1.09. The number of nitrogens with zero attached hydrogens (tertiary/aromatic N) is 3. The first-order valence-electron chi connectivity index (χ1n) is 7.58. The summed E-state index contributed by atoms with van der Waals surface area (Å²) >= 11 is 3.51. The van der Waals surface area contributed by atoms with Crippen molar-refractivity contribution in [3.8, 4) is 0 Å². The van der Waals surface area contributed by atoms with Gasteiger partial charge < -0.3 is 4.90 Å². The summed E-state index contributed by atoms with van der Waals surface area (Å²) in [6, 6.07) is 18.9. The van der Waals surface area contributed by atoms with Crippen molar-refractivity contribution in [2.24, 2.45) is 5.10 Å². The molecule has 0 aromatic heterocycles. The van der Waals surface area contributed by atoms with Gasteiger partial charge in [-0.25, -0.2) is 0 Å². The van der Waals surface area contributed by atoms with Crippen molar-refractivity contribution >= 4 is 27.3 Å². The zero-order chi connectivity index (χ0) is 15.4. The van der Waals surface area contributed by atoms with E-state index in [4.69, 9.17) is 5.10 Å².